The lowest BCUT2D eigenvalue weighted by atomic mass is 10.1. The molecule has 136 valence electrons. The van der Waals surface area contributed by atoms with Gasteiger partial charge < -0.3 is 20.1 Å². The molecule has 2 N–H and O–H groups in total. The van der Waals surface area contributed by atoms with E-state index in [1.807, 2.05) is 13.8 Å². The van der Waals surface area contributed by atoms with Crippen LogP contribution in [-0.2, 0) is 9.59 Å². The van der Waals surface area contributed by atoms with Crippen LogP contribution in [0.1, 0.15) is 18.1 Å². The van der Waals surface area contributed by atoms with Gasteiger partial charge in [0.15, 0.2) is 12.7 Å². The first-order valence-corrected chi connectivity index (χ1v) is 8.52. The number of benzene rings is 2. The molecule has 7 heteroatoms. The summed E-state index contributed by atoms with van der Waals surface area (Å²) in [7, 11) is 0. The molecule has 1 heterocycles. The fourth-order valence-corrected chi connectivity index (χ4v) is 2.73. The minimum Gasteiger partial charge on any atom is -0.484 e. The van der Waals surface area contributed by atoms with Gasteiger partial charge in [0.25, 0.3) is 11.8 Å². The number of halogens is 1. The standard InChI is InChI=1S/C19H19ClN2O4/c1-10-6-14(7-11(2)18(10)20)25-9-17(23)21-13-4-5-16-15(8-13)22-19(24)12(3)26-16/h4-8,12H,9H2,1-3H3,(H,21,23)(H,22,24)/t12-/m0/s1. The number of fused-ring (bicyclic) bond motifs is 1. The molecular formula is C19H19ClN2O4. The molecule has 0 saturated heterocycles. The zero-order chi connectivity index (χ0) is 18.8. The van der Waals surface area contributed by atoms with Gasteiger partial charge in [0.2, 0.25) is 0 Å². The number of aryl methyl sites for hydroxylation is 2. The normalized spacial score (nSPS) is 15.5. The maximum Gasteiger partial charge on any atom is 0.265 e. The second-order valence-electron chi connectivity index (χ2n) is 6.17. The predicted molar refractivity (Wildman–Crippen MR) is 100 cm³/mol. The molecule has 1 aliphatic heterocycles. The lowest BCUT2D eigenvalue weighted by molar-refractivity contribution is -0.122. The summed E-state index contributed by atoms with van der Waals surface area (Å²) >= 11 is 6.12. The van der Waals surface area contributed by atoms with Crippen LogP contribution in [0.5, 0.6) is 11.5 Å². The van der Waals surface area contributed by atoms with Crippen LogP contribution in [-0.4, -0.2) is 24.5 Å². The van der Waals surface area contributed by atoms with Crippen molar-refractivity contribution in [3.05, 3.63) is 46.5 Å². The second kappa shape index (κ2) is 7.25. The zero-order valence-corrected chi connectivity index (χ0v) is 15.4. The first-order valence-electron chi connectivity index (χ1n) is 8.14. The van der Waals surface area contributed by atoms with E-state index < -0.39 is 6.10 Å². The lowest BCUT2D eigenvalue weighted by Crippen LogP contribution is -2.34. The minimum atomic E-state index is -0.539. The summed E-state index contributed by atoms with van der Waals surface area (Å²) in [5, 5.41) is 6.16. The van der Waals surface area contributed by atoms with Crippen LogP contribution in [0.25, 0.3) is 0 Å². The number of hydrogen-bond donors (Lipinski definition) is 2. The van der Waals surface area contributed by atoms with E-state index in [0.717, 1.165) is 11.1 Å². The Kier molecular flexibility index (Phi) is 5.04. The van der Waals surface area contributed by atoms with Crippen LogP contribution in [0, 0.1) is 13.8 Å². The molecule has 1 atom stereocenters. The van der Waals surface area contributed by atoms with Gasteiger partial charge in [-0.05, 0) is 62.2 Å². The van der Waals surface area contributed by atoms with Gasteiger partial charge in [0.05, 0.1) is 5.69 Å². The highest BCUT2D eigenvalue weighted by Crippen LogP contribution is 2.32. The third kappa shape index (κ3) is 3.91. The fourth-order valence-electron chi connectivity index (χ4n) is 2.62. The highest BCUT2D eigenvalue weighted by atomic mass is 35.5. The molecule has 0 fully saturated rings. The minimum absolute atomic E-state index is 0.141. The van der Waals surface area contributed by atoms with Gasteiger partial charge >= 0.3 is 0 Å². The van der Waals surface area contributed by atoms with Crippen molar-refractivity contribution in [2.75, 3.05) is 17.2 Å². The largest absolute Gasteiger partial charge is 0.484 e. The van der Waals surface area contributed by atoms with Gasteiger partial charge in [-0.2, -0.15) is 0 Å². The van der Waals surface area contributed by atoms with E-state index in [9.17, 15) is 9.59 Å². The van der Waals surface area contributed by atoms with Crippen LogP contribution in [0.4, 0.5) is 11.4 Å². The van der Waals surface area contributed by atoms with Crippen molar-refractivity contribution in [1.29, 1.82) is 0 Å². The van der Waals surface area contributed by atoms with Crippen LogP contribution in [0.3, 0.4) is 0 Å². The Labute approximate surface area is 156 Å². The molecule has 26 heavy (non-hydrogen) atoms. The number of amides is 2. The van der Waals surface area contributed by atoms with Crippen LogP contribution in [0.2, 0.25) is 5.02 Å². The summed E-state index contributed by atoms with van der Waals surface area (Å²) in [5.41, 5.74) is 2.85. The SMILES string of the molecule is Cc1cc(OCC(=O)Nc2ccc3c(c2)NC(=O)[C@H](C)O3)cc(C)c1Cl. The quantitative estimate of drug-likeness (QED) is 0.855. The Bertz CT molecular complexity index is 859. The number of carbonyl (C=O) groups excluding carboxylic acids is 2. The van der Waals surface area contributed by atoms with Crippen LogP contribution >= 0.6 is 11.6 Å². The highest BCUT2D eigenvalue weighted by molar-refractivity contribution is 6.32. The van der Waals surface area contributed by atoms with Crippen molar-refractivity contribution in [2.45, 2.75) is 26.9 Å². The van der Waals surface area contributed by atoms with E-state index in [1.165, 1.54) is 0 Å². The number of ether oxygens (including phenoxy) is 2. The zero-order valence-electron chi connectivity index (χ0n) is 14.7. The van der Waals surface area contributed by atoms with Crippen molar-refractivity contribution < 1.29 is 19.1 Å². The third-order valence-electron chi connectivity index (χ3n) is 3.97. The van der Waals surface area contributed by atoms with Crippen LogP contribution < -0.4 is 20.1 Å². The van der Waals surface area contributed by atoms with E-state index in [1.54, 1.807) is 37.3 Å². The highest BCUT2D eigenvalue weighted by Gasteiger charge is 2.23. The van der Waals surface area contributed by atoms with E-state index in [0.29, 0.717) is 27.9 Å². The van der Waals surface area contributed by atoms with Gasteiger partial charge in [-0.1, -0.05) is 11.6 Å². The molecule has 0 saturated carbocycles. The molecule has 0 spiro atoms. The Morgan fingerprint density at radius 3 is 2.65 bits per heavy atom. The molecule has 0 unspecified atom stereocenters. The van der Waals surface area contributed by atoms with Gasteiger partial charge in [0.1, 0.15) is 11.5 Å². The predicted octanol–water partition coefficient (Wildman–Crippen LogP) is 3.69. The Hall–Kier alpha value is -2.73. The second-order valence-corrected chi connectivity index (χ2v) is 6.55. The first-order chi connectivity index (χ1) is 12.3. The topological polar surface area (TPSA) is 76.7 Å². The van der Waals surface area contributed by atoms with Crippen molar-refractivity contribution in [1.82, 2.24) is 0 Å². The van der Waals surface area contributed by atoms with Gasteiger partial charge in [0, 0.05) is 10.7 Å². The molecule has 0 bridgehead atoms. The molecule has 2 aromatic carbocycles. The van der Waals surface area contributed by atoms with Gasteiger partial charge in [-0.3, -0.25) is 9.59 Å². The maximum absolute atomic E-state index is 12.1. The molecule has 2 amide bonds. The molecule has 3 rings (SSSR count). The van der Waals surface area contributed by atoms with Crippen molar-refractivity contribution in [2.24, 2.45) is 0 Å². The molecule has 1 aliphatic rings. The fraction of sp³-hybridized carbons (Fsp3) is 0.263. The summed E-state index contributed by atoms with van der Waals surface area (Å²) in [6.07, 6.45) is -0.539. The van der Waals surface area contributed by atoms with E-state index in [2.05, 4.69) is 10.6 Å². The molecule has 2 aromatic rings. The van der Waals surface area contributed by atoms with Crippen molar-refractivity contribution in [3.63, 3.8) is 0 Å². The number of carbonyl (C=O) groups is 2. The first kappa shape index (κ1) is 18.1. The van der Waals surface area contributed by atoms with E-state index in [-0.39, 0.29) is 18.4 Å². The maximum atomic E-state index is 12.1. The van der Waals surface area contributed by atoms with Crippen molar-refractivity contribution >= 4 is 34.8 Å². The average molecular weight is 375 g/mol. The average Bonchev–Trinajstić information content (AvgIpc) is 2.59. The summed E-state index contributed by atoms with van der Waals surface area (Å²) < 4.78 is 11.0. The number of nitrogens with one attached hydrogen (secondary N) is 2. The molecule has 0 radical (unpaired) electrons. The van der Waals surface area contributed by atoms with E-state index in [4.69, 9.17) is 21.1 Å². The summed E-state index contributed by atoms with van der Waals surface area (Å²) in [4.78, 5) is 23.8. The molecular weight excluding hydrogens is 356 g/mol. The molecule has 0 aliphatic carbocycles. The number of rotatable bonds is 4. The smallest absolute Gasteiger partial charge is 0.265 e. The molecule has 0 aromatic heterocycles. The lowest BCUT2D eigenvalue weighted by Gasteiger charge is -2.23. The van der Waals surface area contributed by atoms with Gasteiger partial charge in [-0.15, -0.1) is 0 Å². The number of anilines is 2. The van der Waals surface area contributed by atoms with Crippen LogP contribution in [0.15, 0.2) is 30.3 Å². The van der Waals surface area contributed by atoms with Crippen molar-refractivity contribution in [3.8, 4) is 11.5 Å². The van der Waals surface area contributed by atoms with Gasteiger partial charge in [-0.25, -0.2) is 0 Å². The van der Waals surface area contributed by atoms with E-state index >= 15 is 0 Å². The summed E-state index contributed by atoms with van der Waals surface area (Å²) in [5.74, 6) is 0.613. The molecule has 6 nitrogen and oxygen atoms in total. The summed E-state index contributed by atoms with van der Waals surface area (Å²) in [6.45, 7) is 5.29. The third-order valence-corrected chi connectivity index (χ3v) is 4.57. The summed E-state index contributed by atoms with van der Waals surface area (Å²) in [6, 6.07) is 8.63. The Balaban J connectivity index is 1.62. The number of hydrogen-bond acceptors (Lipinski definition) is 4. The Morgan fingerprint density at radius 1 is 1.27 bits per heavy atom. The Morgan fingerprint density at radius 2 is 1.96 bits per heavy atom. The monoisotopic (exact) mass is 374 g/mol.